The van der Waals surface area contributed by atoms with E-state index in [1.807, 2.05) is 12.1 Å². The Balaban J connectivity index is 1.34. The van der Waals surface area contributed by atoms with Crippen LogP contribution < -0.4 is 9.64 Å². The van der Waals surface area contributed by atoms with Crippen molar-refractivity contribution in [3.8, 4) is 5.75 Å². The maximum Gasteiger partial charge on any atom is 0.249 e. The first-order valence-corrected chi connectivity index (χ1v) is 10.4. The number of piperidine rings is 1. The number of benzene rings is 1. The van der Waals surface area contributed by atoms with E-state index in [0.717, 1.165) is 76.3 Å². The topological polar surface area (TPSA) is 36.0 Å². The second kappa shape index (κ2) is 8.34. The molecular formula is C22H31N3O2. The van der Waals surface area contributed by atoms with Gasteiger partial charge in [0.05, 0.1) is 12.8 Å². The fourth-order valence-corrected chi connectivity index (χ4v) is 4.72. The maximum absolute atomic E-state index is 12.8. The zero-order chi connectivity index (χ0) is 18.6. The van der Waals surface area contributed by atoms with E-state index in [1.54, 1.807) is 7.11 Å². The van der Waals surface area contributed by atoms with E-state index in [-0.39, 0.29) is 0 Å². The van der Waals surface area contributed by atoms with Crippen LogP contribution in [0.15, 0.2) is 35.9 Å². The van der Waals surface area contributed by atoms with E-state index in [2.05, 4.69) is 32.9 Å². The van der Waals surface area contributed by atoms with Crippen LogP contribution in [0.2, 0.25) is 0 Å². The molecule has 1 aromatic rings. The standard InChI is InChI=1S/C22H31N3O2/c1-27-21-11-5-4-10-20(21)24-15-13-23(14-16-24)19-9-6-12-25(17-19)22(26)18-7-2-3-8-18/h4-5,7,10-11,19H,2-3,6,8-9,12-17H2,1H3. The highest BCUT2D eigenvalue weighted by Crippen LogP contribution is 2.29. The fourth-order valence-electron chi connectivity index (χ4n) is 4.72. The number of para-hydroxylation sites is 2. The third-order valence-electron chi connectivity index (χ3n) is 6.26. The fraction of sp³-hybridized carbons (Fsp3) is 0.591. The van der Waals surface area contributed by atoms with Crippen LogP contribution in [-0.4, -0.2) is 68.1 Å². The van der Waals surface area contributed by atoms with Gasteiger partial charge in [0.25, 0.3) is 0 Å². The number of carbonyl (C=O) groups is 1. The summed E-state index contributed by atoms with van der Waals surface area (Å²) >= 11 is 0. The largest absolute Gasteiger partial charge is 0.495 e. The zero-order valence-corrected chi connectivity index (χ0v) is 16.4. The minimum atomic E-state index is 0.296. The van der Waals surface area contributed by atoms with Gasteiger partial charge in [0.15, 0.2) is 0 Å². The average Bonchev–Trinajstić information content (AvgIpc) is 3.28. The van der Waals surface area contributed by atoms with Crippen molar-refractivity contribution >= 4 is 11.6 Å². The highest BCUT2D eigenvalue weighted by molar-refractivity contribution is 5.93. The molecule has 5 nitrogen and oxygen atoms in total. The highest BCUT2D eigenvalue weighted by Gasteiger charge is 2.31. The Kier molecular flexibility index (Phi) is 5.67. The Morgan fingerprint density at radius 2 is 1.89 bits per heavy atom. The van der Waals surface area contributed by atoms with Gasteiger partial charge in [0.1, 0.15) is 5.75 Å². The average molecular weight is 370 g/mol. The van der Waals surface area contributed by atoms with Gasteiger partial charge in [0.2, 0.25) is 5.91 Å². The molecule has 1 atom stereocenters. The van der Waals surface area contributed by atoms with Gasteiger partial charge in [0, 0.05) is 50.9 Å². The number of likely N-dealkylation sites (tertiary alicyclic amines) is 1. The molecule has 146 valence electrons. The molecule has 1 aromatic carbocycles. The van der Waals surface area contributed by atoms with Crippen molar-refractivity contribution in [1.29, 1.82) is 0 Å². The summed E-state index contributed by atoms with van der Waals surface area (Å²) in [6, 6.07) is 8.78. The molecule has 4 rings (SSSR count). The van der Waals surface area contributed by atoms with E-state index in [9.17, 15) is 4.79 Å². The van der Waals surface area contributed by atoms with Gasteiger partial charge >= 0.3 is 0 Å². The number of hydrogen-bond acceptors (Lipinski definition) is 4. The minimum Gasteiger partial charge on any atom is -0.495 e. The van der Waals surface area contributed by atoms with E-state index < -0.39 is 0 Å². The van der Waals surface area contributed by atoms with Crippen LogP contribution in [0.25, 0.3) is 0 Å². The van der Waals surface area contributed by atoms with Crippen molar-refractivity contribution in [3.63, 3.8) is 0 Å². The second-order valence-corrected chi connectivity index (χ2v) is 7.86. The second-order valence-electron chi connectivity index (χ2n) is 7.86. The molecule has 3 aliphatic rings. The first-order valence-electron chi connectivity index (χ1n) is 10.4. The number of carbonyl (C=O) groups excluding carboxylic acids is 1. The lowest BCUT2D eigenvalue weighted by molar-refractivity contribution is -0.129. The molecular weight excluding hydrogens is 338 g/mol. The Morgan fingerprint density at radius 1 is 1.07 bits per heavy atom. The summed E-state index contributed by atoms with van der Waals surface area (Å²) in [6.45, 7) is 5.94. The number of nitrogens with zero attached hydrogens (tertiary/aromatic N) is 3. The van der Waals surface area contributed by atoms with Gasteiger partial charge in [-0.05, 0) is 44.2 Å². The van der Waals surface area contributed by atoms with E-state index in [4.69, 9.17) is 4.74 Å². The van der Waals surface area contributed by atoms with Crippen molar-refractivity contribution in [3.05, 3.63) is 35.9 Å². The van der Waals surface area contributed by atoms with Crippen molar-refractivity contribution < 1.29 is 9.53 Å². The van der Waals surface area contributed by atoms with Gasteiger partial charge < -0.3 is 14.5 Å². The van der Waals surface area contributed by atoms with Crippen LogP contribution in [0.4, 0.5) is 5.69 Å². The van der Waals surface area contributed by atoms with Gasteiger partial charge in [-0.2, -0.15) is 0 Å². The predicted octanol–water partition coefficient (Wildman–Crippen LogP) is 2.92. The number of piperazine rings is 1. The zero-order valence-electron chi connectivity index (χ0n) is 16.4. The molecule has 1 unspecified atom stereocenters. The number of amides is 1. The van der Waals surface area contributed by atoms with Crippen molar-refractivity contribution in [2.24, 2.45) is 0 Å². The molecule has 0 radical (unpaired) electrons. The SMILES string of the molecule is COc1ccccc1N1CCN(C2CCCN(C(=O)C3=CCCC3)C2)CC1. The molecule has 2 fully saturated rings. The van der Waals surface area contributed by atoms with E-state index in [0.29, 0.717) is 11.9 Å². The van der Waals surface area contributed by atoms with Crippen LogP contribution >= 0.6 is 0 Å². The van der Waals surface area contributed by atoms with Crippen molar-refractivity contribution in [2.45, 2.75) is 38.1 Å². The summed E-state index contributed by atoms with van der Waals surface area (Å²) in [4.78, 5) is 19.9. The summed E-state index contributed by atoms with van der Waals surface area (Å²) < 4.78 is 5.53. The molecule has 2 aliphatic heterocycles. The van der Waals surface area contributed by atoms with Gasteiger partial charge in [-0.3, -0.25) is 9.69 Å². The van der Waals surface area contributed by atoms with Crippen LogP contribution in [-0.2, 0) is 4.79 Å². The summed E-state index contributed by atoms with van der Waals surface area (Å²) in [5.74, 6) is 1.25. The monoisotopic (exact) mass is 369 g/mol. The summed E-state index contributed by atoms with van der Waals surface area (Å²) in [5, 5.41) is 0. The smallest absolute Gasteiger partial charge is 0.249 e. The molecule has 0 N–H and O–H groups in total. The Labute approximate surface area is 162 Å². The van der Waals surface area contributed by atoms with E-state index in [1.165, 1.54) is 12.1 Å². The molecule has 1 amide bonds. The lowest BCUT2D eigenvalue weighted by Crippen LogP contribution is -2.56. The van der Waals surface area contributed by atoms with Crippen LogP contribution in [0.1, 0.15) is 32.1 Å². The third-order valence-corrected chi connectivity index (χ3v) is 6.26. The number of rotatable bonds is 4. The molecule has 2 saturated heterocycles. The molecule has 5 heteroatoms. The molecule has 27 heavy (non-hydrogen) atoms. The van der Waals surface area contributed by atoms with Gasteiger partial charge in [-0.15, -0.1) is 0 Å². The first-order chi connectivity index (χ1) is 13.3. The highest BCUT2D eigenvalue weighted by atomic mass is 16.5. The molecule has 0 spiro atoms. The van der Waals surface area contributed by atoms with Crippen LogP contribution in [0, 0.1) is 0 Å². The minimum absolute atomic E-state index is 0.296. The Hall–Kier alpha value is -2.01. The van der Waals surface area contributed by atoms with Crippen molar-refractivity contribution in [2.75, 3.05) is 51.3 Å². The summed E-state index contributed by atoms with van der Waals surface area (Å²) in [6.07, 6.45) is 7.66. The third kappa shape index (κ3) is 3.98. The maximum atomic E-state index is 12.8. The number of methoxy groups -OCH3 is 1. The van der Waals surface area contributed by atoms with Crippen molar-refractivity contribution in [1.82, 2.24) is 9.80 Å². The molecule has 0 bridgehead atoms. The number of anilines is 1. The molecule has 1 aliphatic carbocycles. The normalized spacial score (nSPS) is 24.0. The lowest BCUT2D eigenvalue weighted by atomic mass is 10.0. The Bertz CT molecular complexity index is 695. The van der Waals surface area contributed by atoms with Gasteiger partial charge in [-0.1, -0.05) is 18.2 Å². The predicted molar refractivity (Wildman–Crippen MR) is 108 cm³/mol. The van der Waals surface area contributed by atoms with Gasteiger partial charge in [-0.25, -0.2) is 0 Å². The molecule has 2 heterocycles. The Morgan fingerprint density at radius 3 is 2.63 bits per heavy atom. The molecule has 0 saturated carbocycles. The summed E-state index contributed by atoms with van der Waals surface area (Å²) in [7, 11) is 1.74. The number of ether oxygens (including phenoxy) is 1. The quantitative estimate of drug-likeness (QED) is 0.818. The number of hydrogen-bond donors (Lipinski definition) is 0. The van der Waals surface area contributed by atoms with Crippen LogP contribution in [0.3, 0.4) is 0 Å². The number of allylic oxidation sites excluding steroid dienone is 1. The molecule has 0 aromatic heterocycles. The van der Waals surface area contributed by atoms with E-state index >= 15 is 0 Å². The summed E-state index contributed by atoms with van der Waals surface area (Å²) in [5.41, 5.74) is 2.24. The lowest BCUT2D eigenvalue weighted by Gasteiger charge is -2.44. The van der Waals surface area contributed by atoms with Crippen LogP contribution in [0.5, 0.6) is 5.75 Å². The first kappa shape index (κ1) is 18.4.